The van der Waals surface area contributed by atoms with Crippen LogP contribution in [0.3, 0.4) is 0 Å². The number of ether oxygens (including phenoxy) is 1. The van der Waals surface area contributed by atoms with E-state index in [1.165, 1.54) is 12.3 Å². The number of amides is 2. The summed E-state index contributed by atoms with van der Waals surface area (Å²) in [5.41, 5.74) is 7.89. The van der Waals surface area contributed by atoms with Crippen LogP contribution >= 0.6 is 0 Å². The number of aliphatic imine (C=N–C) groups is 1. The number of primary amides is 1. The van der Waals surface area contributed by atoms with E-state index in [2.05, 4.69) is 19.9 Å². The van der Waals surface area contributed by atoms with Crippen molar-refractivity contribution < 1.29 is 18.7 Å². The number of aryl methyl sites for hydroxylation is 1. The number of allylic oxidation sites excluding steroid dienone is 2. The lowest BCUT2D eigenvalue weighted by Crippen LogP contribution is -2.43. The van der Waals surface area contributed by atoms with Crippen LogP contribution in [-0.2, 0) is 9.53 Å². The third kappa shape index (κ3) is 5.35. The molecule has 0 aliphatic carbocycles. The zero-order chi connectivity index (χ0) is 24.2. The minimum Gasteiger partial charge on any atom is -0.379 e. The molecule has 3 heterocycles. The summed E-state index contributed by atoms with van der Waals surface area (Å²) < 4.78 is 19.3. The molecule has 178 valence electrons. The molecular weight excluding hydrogens is 439 g/mol. The number of halogens is 1. The van der Waals surface area contributed by atoms with E-state index in [9.17, 15) is 14.0 Å². The topological polar surface area (TPSA) is 114 Å². The molecule has 2 N–H and O–H groups in total. The molecule has 0 saturated carbocycles. The Labute approximate surface area is 197 Å². The Bertz CT molecular complexity index is 1170. The van der Waals surface area contributed by atoms with E-state index in [-0.39, 0.29) is 29.7 Å². The maximum Gasteiger partial charge on any atom is 0.271 e. The number of nitrogens with two attached hydrogens (primary N) is 1. The van der Waals surface area contributed by atoms with Gasteiger partial charge in [-0.1, -0.05) is 12.1 Å². The fraction of sp³-hybridized carbons (Fsp3) is 0.375. The maximum absolute atomic E-state index is 14.0. The first-order valence-corrected chi connectivity index (χ1v) is 11.1. The molecule has 1 saturated heterocycles. The molecule has 0 spiro atoms. The molecule has 10 heteroatoms. The molecular formula is C24H27FN6O3. The average Bonchev–Trinajstić information content (AvgIpc) is 2.81. The van der Waals surface area contributed by atoms with Gasteiger partial charge in [0.25, 0.3) is 5.91 Å². The first-order valence-electron chi connectivity index (χ1n) is 11.1. The Morgan fingerprint density at radius 3 is 2.68 bits per heavy atom. The van der Waals surface area contributed by atoms with Gasteiger partial charge in [-0.2, -0.15) is 0 Å². The second-order valence-corrected chi connectivity index (χ2v) is 8.32. The van der Waals surface area contributed by atoms with E-state index in [1.54, 1.807) is 30.0 Å². The second-order valence-electron chi connectivity index (χ2n) is 8.32. The van der Waals surface area contributed by atoms with Gasteiger partial charge in [0.05, 0.1) is 37.2 Å². The van der Waals surface area contributed by atoms with Gasteiger partial charge in [0, 0.05) is 37.4 Å². The van der Waals surface area contributed by atoms with Crippen LogP contribution in [0.1, 0.15) is 29.4 Å². The summed E-state index contributed by atoms with van der Waals surface area (Å²) in [4.78, 5) is 41.8. The van der Waals surface area contributed by atoms with Crippen LogP contribution in [0.25, 0.3) is 11.3 Å². The molecule has 1 fully saturated rings. The molecule has 2 aliphatic rings. The third-order valence-corrected chi connectivity index (χ3v) is 5.88. The van der Waals surface area contributed by atoms with E-state index in [0.29, 0.717) is 42.3 Å². The van der Waals surface area contributed by atoms with Gasteiger partial charge in [0.15, 0.2) is 11.5 Å². The summed E-state index contributed by atoms with van der Waals surface area (Å²) in [5, 5.41) is 0. The first-order chi connectivity index (χ1) is 16.3. The maximum atomic E-state index is 14.0. The number of carbonyl (C=O) groups is 2. The molecule has 34 heavy (non-hydrogen) atoms. The normalized spacial score (nSPS) is 18.3. The van der Waals surface area contributed by atoms with E-state index >= 15 is 0 Å². The Morgan fingerprint density at radius 1 is 1.24 bits per heavy atom. The Kier molecular flexibility index (Phi) is 7.09. The fourth-order valence-electron chi connectivity index (χ4n) is 3.91. The Morgan fingerprint density at radius 2 is 2.00 bits per heavy atom. The predicted octanol–water partition coefficient (Wildman–Crippen LogP) is 2.23. The van der Waals surface area contributed by atoms with Crippen molar-refractivity contribution >= 4 is 23.3 Å². The van der Waals surface area contributed by atoms with Crippen molar-refractivity contribution in [3.63, 3.8) is 0 Å². The van der Waals surface area contributed by atoms with Crippen LogP contribution in [0.5, 0.6) is 0 Å². The first kappa shape index (κ1) is 23.7. The fourth-order valence-corrected chi connectivity index (χ4v) is 3.91. The number of rotatable bonds is 6. The monoisotopic (exact) mass is 466 g/mol. The summed E-state index contributed by atoms with van der Waals surface area (Å²) in [7, 11) is 0. The molecule has 1 aromatic carbocycles. The molecule has 9 nitrogen and oxygen atoms in total. The molecule has 0 unspecified atom stereocenters. The minimum atomic E-state index is -0.809. The minimum absolute atomic E-state index is 0.0254. The van der Waals surface area contributed by atoms with Crippen molar-refractivity contribution in [1.82, 2.24) is 19.8 Å². The van der Waals surface area contributed by atoms with E-state index in [0.717, 1.165) is 25.3 Å². The summed E-state index contributed by atoms with van der Waals surface area (Å²) >= 11 is 0. The van der Waals surface area contributed by atoms with Gasteiger partial charge >= 0.3 is 0 Å². The highest BCUT2D eigenvalue weighted by atomic mass is 19.1. The zero-order valence-corrected chi connectivity index (χ0v) is 19.3. The van der Waals surface area contributed by atoms with Gasteiger partial charge in [0.1, 0.15) is 5.82 Å². The quantitative estimate of drug-likeness (QED) is 0.698. The highest BCUT2D eigenvalue weighted by molar-refractivity contribution is 6.11. The average molecular weight is 467 g/mol. The molecule has 0 atom stereocenters. The van der Waals surface area contributed by atoms with Crippen molar-refractivity contribution in [3.8, 4) is 11.3 Å². The van der Waals surface area contributed by atoms with Gasteiger partial charge in [-0.05, 0) is 31.6 Å². The van der Waals surface area contributed by atoms with E-state index in [4.69, 9.17) is 10.5 Å². The third-order valence-electron chi connectivity index (χ3n) is 5.88. The van der Waals surface area contributed by atoms with Crippen molar-refractivity contribution in [2.75, 3.05) is 39.4 Å². The predicted molar refractivity (Wildman–Crippen MR) is 125 cm³/mol. The summed E-state index contributed by atoms with van der Waals surface area (Å²) in [6, 6.07) is 4.64. The zero-order valence-electron chi connectivity index (χ0n) is 19.3. The summed E-state index contributed by atoms with van der Waals surface area (Å²) in [6.07, 6.45) is 3.29. The Balaban J connectivity index is 1.55. The van der Waals surface area contributed by atoms with Gasteiger partial charge in [-0.15, -0.1) is 0 Å². The molecule has 0 bridgehead atoms. The number of hydrogen-bond acceptors (Lipinski definition) is 7. The molecule has 4 rings (SSSR count). The molecule has 2 aliphatic heterocycles. The van der Waals surface area contributed by atoms with E-state index < -0.39 is 5.91 Å². The number of carbonyl (C=O) groups excluding carboxylic acids is 2. The van der Waals surface area contributed by atoms with Crippen LogP contribution in [0.4, 0.5) is 10.2 Å². The lowest BCUT2D eigenvalue weighted by Gasteiger charge is -2.32. The second kappa shape index (κ2) is 10.2. The summed E-state index contributed by atoms with van der Waals surface area (Å²) in [6.45, 7) is 7.99. The van der Waals surface area contributed by atoms with Crippen molar-refractivity contribution in [2.45, 2.75) is 20.3 Å². The van der Waals surface area contributed by atoms with E-state index in [1.807, 2.05) is 6.92 Å². The highest BCUT2D eigenvalue weighted by Crippen LogP contribution is 2.24. The summed E-state index contributed by atoms with van der Waals surface area (Å²) in [5.74, 6) is -1.25. The highest BCUT2D eigenvalue weighted by Gasteiger charge is 2.24. The van der Waals surface area contributed by atoms with Crippen LogP contribution in [0.15, 0.2) is 41.2 Å². The Hall–Kier alpha value is -3.50. The number of nitrogens with zero attached hydrogens (tertiary/aromatic N) is 5. The number of benzene rings is 1. The van der Waals surface area contributed by atoms with Crippen molar-refractivity contribution in [1.29, 1.82) is 0 Å². The van der Waals surface area contributed by atoms with Crippen LogP contribution < -0.4 is 5.73 Å². The largest absolute Gasteiger partial charge is 0.379 e. The van der Waals surface area contributed by atoms with Gasteiger partial charge < -0.3 is 15.4 Å². The molecule has 1 aromatic heterocycles. The number of hydrogen-bond donors (Lipinski definition) is 1. The standard InChI is InChI=1S/C24H27FN6O3/c1-15-3-4-17(12-19(15)25)20-14-27-24(22(29-20)23(26)33)28-18-11-16(2)31(21(32)13-18)6-5-30-7-9-34-10-8-30/h3-4,11-12,14H,5-10,13H2,1-2H3,(H2,26,33). The SMILES string of the molecule is CC1=CC(=Nc2ncc(-c3ccc(C)c(F)c3)nc2C(N)=O)CC(=O)N1CCN1CCOCC1. The van der Waals surface area contributed by atoms with Crippen LogP contribution in [0, 0.1) is 12.7 Å². The van der Waals surface area contributed by atoms with Gasteiger partial charge in [-0.25, -0.2) is 19.4 Å². The lowest BCUT2D eigenvalue weighted by atomic mass is 10.1. The lowest BCUT2D eigenvalue weighted by molar-refractivity contribution is -0.128. The number of aromatic nitrogens is 2. The van der Waals surface area contributed by atoms with Gasteiger partial charge in [-0.3, -0.25) is 14.5 Å². The smallest absolute Gasteiger partial charge is 0.271 e. The van der Waals surface area contributed by atoms with Crippen LogP contribution in [-0.4, -0.2) is 76.7 Å². The molecule has 2 amide bonds. The number of morpholine rings is 1. The van der Waals surface area contributed by atoms with Crippen molar-refractivity contribution in [2.24, 2.45) is 10.7 Å². The molecule has 0 radical (unpaired) electrons. The molecule has 2 aromatic rings. The van der Waals surface area contributed by atoms with Crippen LogP contribution in [0.2, 0.25) is 0 Å². The van der Waals surface area contributed by atoms with Gasteiger partial charge in [0.2, 0.25) is 5.91 Å². The van der Waals surface area contributed by atoms with Crippen molar-refractivity contribution in [3.05, 3.63) is 53.2 Å².